The van der Waals surface area contributed by atoms with E-state index in [0.717, 1.165) is 6.07 Å². The zero-order valence-corrected chi connectivity index (χ0v) is 11.8. The van der Waals surface area contributed by atoms with Crippen LogP contribution in [0.1, 0.15) is 20.8 Å². The third kappa shape index (κ3) is 3.29. The average molecular weight is 303 g/mol. The number of benzene rings is 1. The molecule has 0 unspecified atom stereocenters. The number of nitrogens with zero attached hydrogens (tertiary/aromatic N) is 3. The Balaban J connectivity index is 2.19. The number of hydrogen-bond acceptors (Lipinski definition) is 6. The molecule has 2 rings (SSSR count). The average Bonchev–Trinajstić information content (AvgIpc) is 2.49. The summed E-state index contributed by atoms with van der Waals surface area (Å²) in [6.45, 7) is 0. The summed E-state index contributed by atoms with van der Waals surface area (Å²) in [7, 11) is 3.19. The maximum absolute atomic E-state index is 11.7. The van der Waals surface area contributed by atoms with E-state index in [1.165, 1.54) is 29.4 Å². The number of amides is 1. The molecule has 2 aromatic rings. The Labute approximate surface area is 125 Å². The van der Waals surface area contributed by atoms with Crippen LogP contribution < -0.4 is 4.74 Å². The lowest BCUT2D eigenvalue weighted by molar-refractivity contribution is 0.0692. The maximum atomic E-state index is 11.7. The van der Waals surface area contributed by atoms with Gasteiger partial charge in [-0.3, -0.25) is 4.79 Å². The number of rotatable bonds is 4. The van der Waals surface area contributed by atoms with Crippen LogP contribution in [-0.4, -0.2) is 51.1 Å². The molecule has 1 aromatic heterocycles. The Morgan fingerprint density at radius 1 is 1.18 bits per heavy atom. The van der Waals surface area contributed by atoms with Crippen LogP contribution >= 0.6 is 0 Å². The summed E-state index contributed by atoms with van der Waals surface area (Å²) in [4.78, 5) is 31.8. The number of carboxylic acid groups (broad SMARTS) is 1. The quantitative estimate of drug-likeness (QED) is 0.877. The molecule has 0 saturated carbocycles. The SMILES string of the molecule is CN(C)C(=O)c1cnc(Oc2ccc(O)c(C(=O)O)c2)cn1. The Bertz CT molecular complexity index is 713. The van der Waals surface area contributed by atoms with Gasteiger partial charge < -0.3 is 19.8 Å². The fourth-order valence-corrected chi connectivity index (χ4v) is 1.58. The van der Waals surface area contributed by atoms with Crippen LogP contribution in [0.3, 0.4) is 0 Å². The number of ether oxygens (including phenoxy) is 1. The number of carbonyl (C=O) groups is 2. The molecule has 8 nitrogen and oxygen atoms in total. The molecule has 114 valence electrons. The zero-order valence-electron chi connectivity index (χ0n) is 11.8. The van der Waals surface area contributed by atoms with Gasteiger partial charge in [-0.05, 0) is 18.2 Å². The molecule has 1 heterocycles. The predicted molar refractivity (Wildman–Crippen MR) is 75.2 cm³/mol. The molecule has 0 aliphatic carbocycles. The molecule has 0 aliphatic heterocycles. The van der Waals surface area contributed by atoms with Gasteiger partial charge in [-0.1, -0.05) is 0 Å². The van der Waals surface area contributed by atoms with Gasteiger partial charge in [0, 0.05) is 14.1 Å². The van der Waals surface area contributed by atoms with E-state index in [0.29, 0.717) is 0 Å². The van der Waals surface area contributed by atoms with Gasteiger partial charge in [-0.15, -0.1) is 0 Å². The molecule has 0 saturated heterocycles. The van der Waals surface area contributed by atoms with Crippen LogP contribution in [0.25, 0.3) is 0 Å². The minimum Gasteiger partial charge on any atom is -0.507 e. The first-order chi connectivity index (χ1) is 10.4. The second kappa shape index (κ2) is 6.08. The molecule has 8 heteroatoms. The fraction of sp³-hybridized carbons (Fsp3) is 0.143. The minimum absolute atomic E-state index is 0.0948. The van der Waals surface area contributed by atoms with Gasteiger partial charge in [0.15, 0.2) is 0 Å². The van der Waals surface area contributed by atoms with E-state index in [9.17, 15) is 14.7 Å². The van der Waals surface area contributed by atoms with Crippen LogP contribution in [0.4, 0.5) is 0 Å². The largest absolute Gasteiger partial charge is 0.507 e. The molecule has 0 spiro atoms. The maximum Gasteiger partial charge on any atom is 0.339 e. The van der Waals surface area contributed by atoms with E-state index in [1.807, 2.05) is 0 Å². The van der Waals surface area contributed by atoms with Crippen molar-refractivity contribution in [2.45, 2.75) is 0 Å². The second-order valence-electron chi connectivity index (χ2n) is 4.53. The summed E-state index contributed by atoms with van der Waals surface area (Å²) >= 11 is 0. The van der Waals surface area contributed by atoms with Crippen molar-refractivity contribution in [3.05, 3.63) is 41.9 Å². The number of aromatic hydroxyl groups is 1. The van der Waals surface area contributed by atoms with Gasteiger partial charge >= 0.3 is 5.97 Å². The Kier molecular flexibility index (Phi) is 4.21. The van der Waals surface area contributed by atoms with E-state index >= 15 is 0 Å². The van der Waals surface area contributed by atoms with Crippen molar-refractivity contribution < 1.29 is 24.5 Å². The van der Waals surface area contributed by atoms with Crippen molar-refractivity contribution in [3.8, 4) is 17.4 Å². The van der Waals surface area contributed by atoms with E-state index in [4.69, 9.17) is 9.84 Å². The third-order valence-corrected chi connectivity index (χ3v) is 2.67. The molecule has 1 aromatic carbocycles. The van der Waals surface area contributed by atoms with Crippen LogP contribution in [0.15, 0.2) is 30.6 Å². The Morgan fingerprint density at radius 2 is 1.91 bits per heavy atom. The van der Waals surface area contributed by atoms with Gasteiger partial charge in [0.25, 0.3) is 5.91 Å². The highest BCUT2D eigenvalue weighted by molar-refractivity contribution is 5.92. The van der Waals surface area contributed by atoms with Crippen molar-refractivity contribution >= 4 is 11.9 Å². The topological polar surface area (TPSA) is 113 Å². The molecule has 0 fully saturated rings. The smallest absolute Gasteiger partial charge is 0.339 e. The number of carboxylic acids is 1. The molecule has 0 bridgehead atoms. The molecule has 0 atom stereocenters. The predicted octanol–water partition coefficient (Wildman–Crippen LogP) is 1.37. The summed E-state index contributed by atoms with van der Waals surface area (Å²) in [6, 6.07) is 3.76. The molecule has 22 heavy (non-hydrogen) atoms. The van der Waals surface area contributed by atoms with E-state index in [1.54, 1.807) is 14.1 Å². The summed E-state index contributed by atoms with van der Waals surface area (Å²) in [6.07, 6.45) is 2.51. The highest BCUT2D eigenvalue weighted by atomic mass is 16.5. The first-order valence-electron chi connectivity index (χ1n) is 6.16. The first-order valence-corrected chi connectivity index (χ1v) is 6.16. The van der Waals surface area contributed by atoms with Crippen LogP contribution in [-0.2, 0) is 0 Å². The number of hydrogen-bond donors (Lipinski definition) is 2. The number of carbonyl (C=O) groups excluding carboxylic acids is 1. The van der Waals surface area contributed by atoms with Crippen molar-refractivity contribution in [2.24, 2.45) is 0 Å². The van der Waals surface area contributed by atoms with Crippen LogP contribution in [0.2, 0.25) is 0 Å². The van der Waals surface area contributed by atoms with Gasteiger partial charge in [0.2, 0.25) is 5.88 Å². The molecule has 1 amide bonds. The number of aromatic carboxylic acids is 1. The van der Waals surface area contributed by atoms with Gasteiger partial charge in [-0.2, -0.15) is 0 Å². The summed E-state index contributed by atoms with van der Waals surface area (Å²) in [5, 5.41) is 18.3. The van der Waals surface area contributed by atoms with E-state index in [2.05, 4.69) is 9.97 Å². The highest BCUT2D eigenvalue weighted by Gasteiger charge is 2.13. The van der Waals surface area contributed by atoms with Gasteiger partial charge in [0.05, 0.1) is 12.4 Å². The van der Waals surface area contributed by atoms with Crippen LogP contribution in [0.5, 0.6) is 17.4 Å². The standard InChI is InChI=1S/C14H13N3O5/c1-17(2)13(19)10-6-16-12(7-15-10)22-8-3-4-11(18)9(5-8)14(20)21/h3-7,18H,1-2H3,(H,20,21). The molecule has 0 aliphatic rings. The Morgan fingerprint density at radius 3 is 2.45 bits per heavy atom. The van der Waals surface area contributed by atoms with E-state index < -0.39 is 5.97 Å². The van der Waals surface area contributed by atoms with Crippen LogP contribution in [0, 0.1) is 0 Å². The number of aromatic nitrogens is 2. The molecular weight excluding hydrogens is 290 g/mol. The second-order valence-corrected chi connectivity index (χ2v) is 4.53. The normalized spacial score (nSPS) is 10.1. The molecular formula is C14H13N3O5. The van der Waals surface area contributed by atoms with Crippen molar-refractivity contribution in [3.63, 3.8) is 0 Å². The third-order valence-electron chi connectivity index (χ3n) is 2.67. The minimum atomic E-state index is -1.28. The summed E-state index contributed by atoms with van der Waals surface area (Å²) in [5.74, 6) is -1.66. The van der Waals surface area contributed by atoms with Crippen molar-refractivity contribution in [1.29, 1.82) is 0 Å². The Hall–Kier alpha value is -3.16. The highest BCUT2D eigenvalue weighted by Crippen LogP contribution is 2.25. The van der Waals surface area contributed by atoms with Crippen molar-refractivity contribution in [2.75, 3.05) is 14.1 Å². The lowest BCUT2D eigenvalue weighted by atomic mass is 10.2. The molecule has 2 N–H and O–H groups in total. The molecule has 0 radical (unpaired) electrons. The van der Waals surface area contributed by atoms with Crippen molar-refractivity contribution in [1.82, 2.24) is 14.9 Å². The van der Waals surface area contributed by atoms with E-state index in [-0.39, 0.29) is 34.5 Å². The van der Waals surface area contributed by atoms with Gasteiger partial charge in [0.1, 0.15) is 22.8 Å². The fourth-order valence-electron chi connectivity index (χ4n) is 1.58. The van der Waals surface area contributed by atoms with Gasteiger partial charge in [-0.25, -0.2) is 14.8 Å². The lowest BCUT2D eigenvalue weighted by Crippen LogP contribution is -2.22. The summed E-state index contributed by atoms with van der Waals surface area (Å²) < 4.78 is 5.35. The zero-order chi connectivity index (χ0) is 16.3. The lowest BCUT2D eigenvalue weighted by Gasteiger charge is -2.10. The number of phenols is 1. The monoisotopic (exact) mass is 303 g/mol. The summed E-state index contributed by atoms with van der Waals surface area (Å²) in [5.41, 5.74) is -0.126. The first kappa shape index (κ1) is 15.2.